The van der Waals surface area contributed by atoms with E-state index in [9.17, 15) is 4.79 Å². The van der Waals surface area contributed by atoms with Gasteiger partial charge in [0.25, 0.3) is 0 Å². The highest BCUT2D eigenvalue weighted by Crippen LogP contribution is 2.05. The molecule has 12 heavy (non-hydrogen) atoms. The van der Waals surface area contributed by atoms with E-state index < -0.39 is 0 Å². The van der Waals surface area contributed by atoms with Crippen LogP contribution in [-0.2, 0) is 4.79 Å². The number of rotatable bonds is 5. The highest BCUT2D eigenvalue weighted by molar-refractivity contribution is 5.93. The molecule has 0 aliphatic heterocycles. The van der Waals surface area contributed by atoms with Crippen LogP contribution in [0.5, 0.6) is 0 Å². The van der Waals surface area contributed by atoms with Crippen LogP contribution in [-0.4, -0.2) is 5.78 Å². The van der Waals surface area contributed by atoms with Gasteiger partial charge in [-0.2, -0.15) is 0 Å². The molecule has 0 aliphatic carbocycles. The Kier molecular flexibility index (Phi) is 6.35. The molecule has 0 unspecified atom stereocenters. The van der Waals surface area contributed by atoms with E-state index in [2.05, 4.69) is 19.1 Å². The van der Waals surface area contributed by atoms with Crippen LogP contribution in [0, 0.1) is 0 Å². The van der Waals surface area contributed by atoms with E-state index in [-0.39, 0.29) is 5.78 Å². The van der Waals surface area contributed by atoms with Crippen LogP contribution in [0.15, 0.2) is 23.8 Å². The Labute approximate surface area is 75.2 Å². The molecular weight excluding hydrogens is 148 g/mol. The SMILES string of the molecule is CC/C=C\C/C(=C\CC)C(C)=O. The van der Waals surface area contributed by atoms with E-state index in [1.807, 2.05) is 13.0 Å². The molecule has 0 aliphatic rings. The number of ketones is 1. The van der Waals surface area contributed by atoms with E-state index in [4.69, 9.17) is 0 Å². The van der Waals surface area contributed by atoms with Gasteiger partial charge in [-0.3, -0.25) is 4.79 Å². The summed E-state index contributed by atoms with van der Waals surface area (Å²) in [6, 6.07) is 0. The van der Waals surface area contributed by atoms with Crippen LogP contribution in [0.4, 0.5) is 0 Å². The van der Waals surface area contributed by atoms with Gasteiger partial charge in [0.1, 0.15) is 0 Å². The predicted octanol–water partition coefficient (Wildman–Crippen LogP) is 3.27. The molecule has 0 bridgehead atoms. The van der Waals surface area contributed by atoms with Gasteiger partial charge >= 0.3 is 0 Å². The van der Waals surface area contributed by atoms with Crippen molar-refractivity contribution in [2.75, 3.05) is 0 Å². The number of hydrogen-bond acceptors (Lipinski definition) is 1. The summed E-state index contributed by atoms with van der Waals surface area (Å²) in [5.74, 6) is 0.192. The molecular formula is C11H18O. The van der Waals surface area contributed by atoms with Crippen LogP contribution in [0.3, 0.4) is 0 Å². The van der Waals surface area contributed by atoms with Gasteiger partial charge in [-0.25, -0.2) is 0 Å². The van der Waals surface area contributed by atoms with E-state index in [1.54, 1.807) is 6.92 Å². The van der Waals surface area contributed by atoms with E-state index >= 15 is 0 Å². The number of Topliss-reactive ketones (excluding diaryl/α,β-unsaturated/α-hetero) is 1. The van der Waals surface area contributed by atoms with Crippen LogP contribution in [0.25, 0.3) is 0 Å². The molecule has 0 aromatic carbocycles. The Morgan fingerprint density at radius 3 is 2.25 bits per heavy atom. The highest BCUT2D eigenvalue weighted by Gasteiger charge is 1.98. The summed E-state index contributed by atoms with van der Waals surface area (Å²) in [5, 5.41) is 0. The first-order chi connectivity index (χ1) is 5.72. The van der Waals surface area contributed by atoms with Crippen LogP contribution >= 0.6 is 0 Å². The van der Waals surface area contributed by atoms with Crippen molar-refractivity contribution in [2.24, 2.45) is 0 Å². The molecule has 0 radical (unpaired) electrons. The Bertz CT molecular complexity index is 187. The van der Waals surface area contributed by atoms with Crippen molar-refractivity contribution in [1.82, 2.24) is 0 Å². The summed E-state index contributed by atoms with van der Waals surface area (Å²) in [7, 11) is 0. The maximum atomic E-state index is 11.0. The van der Waals surface area contributed by atoms with E-state index in [0.29, 0.717) is 0 Å². The van der Waals surface area contributed by atoms with Crippen molar-refractivity contribution < 1.29 is 4.79 Å². The monoisotopic (exact) mass is 166 g/mol. The largest absolute Gasteiger partial charge is 0.295 e. The lowest BCUT2D eigenvalue weighted by Gasteiger charge is -1.97. The summed E-state index contributed by atoms with van der Waals surface area (Å²) in [5.41, 5.74) is 0.933. The molecule has 68 valence electrons. The van der Waals surface area contributed by atoms with Gasteiger partial charge in [-0.05, 0) is 31.8 Å². The normalized spacial score (nSPS) is 12.4. The average Bonchev–Trinajstić information content (AvgIpc) is 2.03. The number of allylic oxidation sites excluding steroid dienone is 4. The zero-order chi connectivity index (χ0) is 9.40. The minimum atomic E-state index is 0.192. The highest BCUT2D eigenvalue weighted by atomic mass is 16.1. The van der Waals surface area contributed by atoms with Crippen molar-refractivity contribution in [3.63, 3.8) is 0 Å². The topological polar surface area (TPSA) is 17.1 Å². The van der Waals surface area contributed by atoms with Crippen molar-refractivity contribution in [2.45, 2.75) is 40.0 Å². The third kappa shape index (κ3) is 4.89. The first kappa shape index (κ1) is 11.2. The van der Waals surface area contributed by atoms with E-state index in [0.717, 1.165) is 24.8 Å². The van der Waals surface area contributed by atoms with Crippen LogP contribution < -0.4 is 0 Å². The van der Waals surface area contributed by atoms with Gasteiger partial charge in [-0.15, -0.1) is 0 Å². The molecule has 0 aromatic heterocycles. The molecule has 1 heteroatoms. The van der Waals surface area contributed by atoms with Crippen LogP contribution in [0.2, 0.25) is 0 Å². The summed E-state index contributed by atoms with van der Waals surface area (Å²) >= 11 is 0. The fourth-order valence-corrected chi connectivity index (χ4v) is 0.994. The summed E-state index contributed by atoms with van der Waals surface area (Å²) < 4.78 is 0. The molecule has 0 heterocycles. The second-order valence-electron chi connectivity index (χ2n) is 2.78. The molecule has 0 aromatic rings. The molecule has 0 rings (SSSR count). The van der Waals surface area contributed by atoms with Crippen molar-refractivity contribution >= 4 is 5.78 Å². The maximum Gasteiger partial charge on any atom is 0.155 e. The van der Waals surface area contributed by atoms with Gasteiger partial charge in [0.2, 0.25) is 0 Å². The maximum absolute atomic E-state index is 11.0. The van der Waals surface area contributed by atoms with Gasteiger partial charge in [-0.1, -0.05) is 32.1 Å². The van der Waals surface area contributed by atoms with Gasteiger partial charge < -0.3 is 0 Å². The Morgan fingerprint density at radius 2 is 1.83 bits per heavy atom. The van der Waals surface area contributed by atoms with E-state index in [1.165, 1.54) is 0 Å². The van der Waals surface area contributed by atoms with Gasteiger partial charge in [0.05, 0.1) is 0 Å². The third-order valence-electron chi connectivity index (χ3n) is 1.64. The Balaban J connectivity index is 4.06. The molecule has 0 saturated carbocycles. The molecule has 1 nitrogen and oxygen atoms in total. The number of hydrogen-bond donors (Lipinski definition) is 0. The third-order valence-corrected chi connectivity index (χ3v) is 1.64. The lowest BCUT2D eigenvalue weighted by atomic mass is 10.1. The lowest BCUT2D eigenvalue weighted by Crippen LogP contribution is -1.94. The van der Waals surface area contributed by atoms with Crippen molar-refractivity contribution in [3.05, 3.63) is 23.8 Å². The molecule has 0 saturated heterocycles. The first-order valence-electron chi connectivity index (χ1n) is 4.57. The molecule has 0 N–H and O–H groups in total. The zero-order valence-corrected chi connectivity index (χ0v) is 8.26. The summed E-state index contributed by atoms with van der Waals surface area (Å²) in [6.07, 6.45) is 8.92. The summed E-state index contributed by atoms with van der Waals surface area (Å²) in [4.78, 5) is 11.0. The summed E-state index contributed by atoms with van der Waals surface area (Å²) in [6.45, 7) is 5.77. The van der Waals surface area contributed by atoms with Crippen molar-refractivity contribution in [1.29, 1.82) is 0 Å². The standard InChI is InChI=1S/C11H18O/c1-4-6-7-9-11(8-5-2)10(3)12/h6-8H,4-5,9H2,1-3H3/b7-6-,11-8+. The Hall–Kier alpha value is -0.850. The first-order valence-corrected chi connectivity index (χ1v) is 4.57. The number of carbonyl (C=O) groups is 1. The van der Waals surface area contributed by atoms with Gasteiger partial charge in [0.15, 0.2) is 5.78 Å². The second kappa shape index (κ2) is 6.84. The van der Waals surface area contributed by atoms with Gasteiger partial charge in [0, 0.05) is 0 Å². The molecule has 0 fully saturated rings. The smallest absolute Gasteiger partial charge is 0.155 e. The predicted molar refractivity (Wildman–Crippen MR) is 53.1 cm³/mol. The molecule has 0 amide bonds. The fourth-order valence-electron chi connectivity index (χ4n) is 0.994. The second-order valence-corrected chi connectivity index (χ2v) is 2.78. The minimum absolute atomic E-state index is 0.192. The lowest BCUT2D eigenvalue weighted by molar-refractivity contribution is -0.113. The van der Waals surface area contributed by atoms with Crippen molar-refractivity contribution in [3.8, 4) is 0 Å². The fraction of sp³-hybridized carbons (Fsp3) is 0.545. The molecule has 0 spiro atoms. The quantitative estimate of drug-likeness (QED) is 0.452. The molecule has 0 atom stereocenters. The average molecular weight is 166 g/mol. The minimum Gasteiger partial charge on any atom is -0.295 e. The van der Waals surface area contributed by atoms with Crippen LogP contribution in [0.1, 0.15) is 40.0 Å². The Morgan fingerprint density at radius 1 is 1.17 bits per heavy atom. The zero-order valence-electron chi connectivity index (χ0n) is 8.26. The number of carbonyl (C=O) groups excluding carboxylic acids is 1.